The maximum atomic E-state index is 12.1. The summed E-state index contributed by atoms with van der Waals surface area (Å²) in [6.07, 6.45) is 0.835. The van der Waals surface area contributed by atoms with Crippen molar-refractivity contribution in [3.8, 4) is 0 Å². The molecule has 0 heterocycles. The van der Waals surface area contributed by atoms with Gasteiger partial charge in [-0.15, -0.1) is 0 Å². The molecule has 8 heteroatoms. The summed E-state index contributed by atoms with van der Waals surface area (Å²) in [5, 5.41) is 22.3. The SMILES string of the molecule is CC(NCC(=O)N(O)C(CC(=O)O)c1ccccc1)P(C)(C)=O.CCC. The quantitative estimate of drug-likeness (QED) is 0.359. The van der Waals surface area contributed by atoms with Crippen LogP contribution in [-0.2, 0) is 14.2 Å². The van der Waals surface area contributed by atoms with Gasteiger partial charge in [0.25, 0.3) is 5.91 Å². The van der Waals surface area contributed by atoms with Crippen LogP contribution in [-0.4, -0.2) is 52.9 Å². The second-order valence-corrected chi connectivity index (χ2v) is 10.1. The summed E-state index contributed by atoms with van der Waals surface area (Å²) in [7, 11) is -2.41. The molecule has 0 saturated carbocycles. The van der Waals surface area contributed by atoms with E-state index in [1.165, 1.54) is 6.42 Å². The fourth-order valence-electron chi connectivity index (χ4n) is 1.90. The molecule has 1 rings (SSSR count). The van der Waals surface area contributed by atoms with Crippen LogP contribution in [0.25, 0.3) is 0 Å². The average Bonchev–Trinajstić information content (AvgIpc) is 2.57. The molecule has 3 N–H and O–H groups in total. The normalized spacial score (nSPS) is 13.2. The van der Waals surface area contributed by atoms with E-state index >= 15 is 0 Å². The van der Waals surface area contributed by atoms with E-state index in [9.17, 15) is 19.4 Å². The van der Waals surface area contributed by atoms with Crippen LogP contribution < -0.4 is 5.32 Å². The Hall–Kier alpha value is -1.69. The molecule has 1 amide bonds. The van der Waals surface area contributed by atoms with Crippen molar-refractivity contribution in [1.29, 1.82) is 0 Å². The predicted octanol–water partition coefficient (Wildman–Crippen LogP) is 3.39. The third-order valence-electron chi connectivity index (χ3n) is 3.58. The van der Waals surface area contributed by atoms with E-state index in [4.69, 9.17) is 5.11 Å². The minimum atomic E-state index is -2.41. The highest BCUT2D eigenvalue weighted by molar-refractivity contribution is 7.63. The fraction of sp³-hybridized carbons (Fsp3) is 0.556. The molecule has 0 aromatic heterocycles. The molecule has 148 valence electrons. The predicted molar refractivity (Wildman–Crippen MR) is 103 cm³/mol. The first kappa shape index (κ1) is 24.3. The largest absolute Gasteiger partial charge is 0.481 e. The summed E-state index contributed by atoms with van der Waals surface area (Å²) < 4.78 is 11.9. The molecule has 26 heavy (non-hydrogen) atoms. The first-order valence-electron chi connectivity index (χ1n) is 8.60. The third kappa shape index (κ3) is 9.13. The number of carbonyl (C=O) groups excluding carboxylic acids is 1. The summed E-state index contributed by atoms with van der Waals surface area (Å²) in [4.78, 5) is 23.1. The minimum Gasteiger partial charge on any atom is -0.481 e. The maximum Gasteiger partial charge on any atom is 0.305 e. The Morgan fingerprint density at radius 3 is 2.12 bits per heavy atom. The number of carbonyl (C=O) groups is 2. The van der Waals surface area contributed by atoms with Crippen LogP contribution in [0, 0.1) is 0 Å². The highest BCUT2D eigenvalue weighted by atomic mass is 31.2. The van der Waals surface area contributed by atoms with Gasteiger partial charge in [-0.2, -0.15) is 0 Å². The molecular weight excluding hydrogens is 355 g/mol. The van der Waals surface area contributed by atoms with Crippen molar-refractivity contribution >= 4 is 19.0 Å². The summed E-state index contributed by atoms with van der Waals surface area (Å²) in [6.45, 7) is 8.92. The van der Waals surface area contributed by atoms with E-state index in [2.05, 4.69) is 19.2 Å². The number of carboxylic acid groups (broad SMARTS) is 1. The summed E-state index contributed by atoms with van der Waals surface area (Å²) in [5.74, 6) is -2.19. The van der Waals surface area contributed by atoms with Crippen LogP contribution in [0.1, 0.15) is 45.2 Å². The number of nitrogens with one attached hydrogen (secondary N) is 1. The molecule has 2 atom stereocenters. The molecule has 0 aliphatic carbocycles. The lowest BCUT2D eigenvalue weighted by Gasteiger charge is -2.26. The molecule has 0 aliphatic heterocycles. The molecule has 1 aromatic carbocycles. The number of hydrogen-bond donors (Lipinski definition) is 3. The van der Waals surface area contributed by atoms with Crippen LogP contribution in [0.2, 0.25) is 0 Å². The molecular formula is C18H31N2O5P. The van der Waals surface area contributed by atoms with E-state index in [0.29, 0.717) is 10.6 Å². The Morgan fingerprint density at radius 1 is 1.19 bits per heavy atom. The first-order valence-corrected chi connectivity index (χ1v) is 11.3. The van der Waals surface area contributed by atoms with Gasteiger partial charge >= 0.3 is 5.97 Å². The van der Waals surface area contributed by atoms with Gasteiger partial charge in [-0.05, 0) is 25.8 Å². The van der Waals surface area contributed by atoms with Crippen molar-refractivity contribution in [3.63, 3.8) is 0 Å². The number of rotatable bonds is 8. The number of amides is 1. The zero-order valence-electron chi connectivity index (χ0n) is 16.2. The Balaban J connectivity index is 0.00000194. The monoisotopic (exact) mass is 386 g/mol. The molecule has 0 saturated heterocycles. The van der Waals surface area contributed by atoms with Gasteiger partial charge in [0.15, 0.2) is 0 Å². The fourth-order valence-corrected chi connectivity index (χ4v) is 2.43. The molecule has 0 bridgehead atoms. The van der Waals surface area contributed by atoms with E-state index in [0.717, 1.165) is 0 Å². The van der Waals surface area contributed by atoms with Gasteiger partial charge in [-0.1, -0.05) is 50.6 Å². The van der Waals surface area contributed by atoms with E-state index in [1.54, 1.807) is 50.6 Å². The number of aliphatic carboxylic acids is 1. The van der Waals surface area contributed by atoms with Gasteiger partial charge in [0.1, 0.15) is 0 Å². The van der Waals surface area contributed by atoms with Crippen molar-refractivity contribution < 1.29 is 24.5 Å². The van der Waals surface area contributed by atoms with Crippen molar-refractivity contribution in [2.75, 3.05) is 19.9 Å². The van der Waals surface area contributed by atoms with Gasteiger partial charge in [0.05, 0.1) is 31.9 Å². The second-order valence-electron chi connectivity index (χ2n) is 6.46. The van der Waals surface area contributed by atoms with Crippen molar-refractivity contribution in [1.82, 2.24) is 10.4 Å². The number of nitrogens with zero attached hydrogens (tertiary/aromatic N) is 1. The van der Waals surface area contributed by atoms with Crippen molar-refractivity contribution in [2.24, 2.45) is 0 Å². The second kappa shape index (κ2) is 11.8. The maximum absolute atomic E-state index is 12.1. The number of carboxylic acids is 1. The van der Waals surface area contributed by atoms with Crippen LogP contribution in [0.15, 0.2) is 30.3 Å². The van der Waals surface area contributed by atoms with Gasteiger partial charge in [0, 0.05) is 0 Å². The highest BCUT2D eigenvalue weighted by Gasteiger charge is 2.27. The average molecular weight is 386 g/mol. The highest BCUT2D eigenvalue weighted by Crippen LogP contribution is 2.40. The molecule has 0 radical (unpaired) electrons. The number of hydroxylamine groups is 2. The lowest BCUT2D eigenvalue weighted by molar-refractivity contribution is -0.178. The topological polar surface area (TPSA) is 107 Å². The minimum absolute atomic E-state index is 0.230. The van der Waals surface area contributed by atoms with E-state index < -0.39 is 31.5 Å². The number of benzene rings is 1. The Kier molecular flexibility index (Phi) is 11.1. The summed E-state index contributed by atoms with van der Waals surface area (Å²) in [6, 6.07) is 7.47. The van der Waals surface area contributed by atoms with E-state index in [1.807, 2.05) is 0 Å². The van der Waals surface area contributed by atoms with E-state index in [-0.39, 0.29) is 12.3 Å². The number of hydrogen-bond acceptors (Lipinski definition) is 5. The van der Waals surface area contributed by atoms with Crippen LogP contribution >= 0.6 is 7.14 Å². The van der Waals surface area contributed by atoms with Crippen LogP contribution in [0.5, 0.6) is 0 Å². The first-order chi connectivity index (χ1) is 12.0. The van der Waals surface area contributed by atoms with Crippen molar-refractivity contribution in [2.45, 2.75) is 45.4 Å². The zero-order valence-corrected chi connectivity index (χ0v) is 17.1. The summed E-state index contributed by atoms with van der Waals surface area (Å²) >= 11 is 0. The van der Waals surface area contributed by atoms with Crippen molar-refractivity contribution in [3.05, 3.63) is 35.9 Å². The van der Waals surface area contributed by atoms with Gasteiger partial charge < -0.3 is 9.67 Å². The molecule has 0 fully saturated rings. The molecule has 0 spiro atoms. The van der Waals surface area contributed by atoms with Crippen LogP contribution in [0.3, 0.4) is 0 Å². The van der Waals surface area contributed by atoms with Gasteiger partial charge in [0.2, 0.25) is 0 Å². The molecule has 1 aromatic rings. The lowest BCUT2D eigenvalue weighted by Crippen LogP contribution is -2.41. The van der Waals surface area contributed by atoms with Crippen LogP contribution in [0.4, 0.5) is 0 Å². The zero-order chi connectivity index (χ0) is 20.3. The van der Waals surface area contributed by atoms with Gasteiger partial charge in [-0.3, -0.25) is 20.1 Å². The Bertz CT molecular complexity index is 603. The Morgan fingerprint density at radius 2 is 1.69 bits per heavy atom. The molecule has 2 unspecified atom stereocenters. The van der Waals surface area contributed by atoms with Gasteiger partial charge in [-0.25, -0.2) is 5.06 Å². The Labute approximate surface area is 155 Å². The molecule has 0 aliphatic rings. The standard InChI is InChI=1S/C15H23N2O5P.C3H8/c1-11(23(2,3)22)16-10-14(18)17(21)13(9-15(19)20)12-7-5-4-6-8-12;1-3-2/h4-8,11,13,16,21H,9-10H2,1-3H3,(H,19,20);3H2,1-2H3. The summed E-state index contributed by atoms with van der Waals surface area (Å²) in [5.41, 5.74) is 0.524. The lowest BCUT2D eigenvalue weighted by atomic mass is 10.0. The molecule has 7 nitrogen and oxygen atoms in total. The smallest absolute Gasteiger partial charge is 0.305 e. The third-order valence-corrected chi connectivity index (χ3v) is 5.63.